The van der Waals surface area contributed by atoms with Crippen molar-refractivity contribution >= 4 is 15.6 Å². The van der Waals surface area contributed by atoms with Gasteiger partial charge in [-0.25, -0.2) is 8.42 Å². The number of ketones is 1. The van der Waals surface area contributed by atoms with Crippen molar-refractivity contribution in [3.63, 3.8) is 0 Å². The lowest BCUT2D eigenvalue weighted by molar-refractivity contribution is -0.120. The van der Waals surface area contributed by atoms with Crippen molar-refractivity contribution in [2.45, 2.75) is 51.5 Å². The van der Waals surface area contributed by atoms with Gasteiger partial charge in [-0.2, -0.15) is 0 Å². The molecule has 0 amide bonds. The molecule has 1 fully saturated rings. The Labute approximate surface area is 104 Å². The molecule has 0 saturated carbocycles. The number of rotatable bonds is 6. The summed E-state index contributed by atoms with van der Waals surface area (Å²) in [7, 11) is -3.02. The average Bonchev–Trinajstić information content (AvgIpc) is 2.54. The van der Waals surface area contributed by atoms with Crippen LogP contribution in [0, 0.1) is 0 Å². The van der Waals surface area contributed by atoms with Crippen molar-refractivity contribution in [3.05, 3.63) is 0 Å². The molecule has 1 saturated heterocycles. The Kier molecular flexibility index (Phi) is 6.12. The SMILES string of the molecule is CCCS(=O)(=O)CCC(=O)C1CCCCCN1. The Hall–Kier alpha value is -0.420. The summed E-state index contributed by atoms with van der Waals surface area (Å²) in [5, 5.41) is 3.21. The van der Waals surface area contributed by atoms with Gasteiger partial charge in [-0.05, 0) is 25.8 Å². The van der Waals surface area contributed by atoms with Gasteiger partial charge >= 0.3 is 0 Å². The summed E-state index contributed by atoms with van der Waals surface area (Å²) < 4.78 is 23.0. The first-order chi connectivity index (χ1) is 8.05. The van der Waals surface area contributed by atoms with Crippen LogP contribution in [0.1, 0.15) is 45.4 Å². The number of nitrogens with one attached hydrogen (secondary N) is 1. The Morgan fingerprint density at radius 2 is 2.00 bits per heavy atom. The molecule has 1 atom stereocenters. The summed E-state index contributed by atoms with van der Waals surface area (Å²) in [5.74, 6) is 0.266. The molecule has 0 aromatic carbocycles. The van der Waals surface area contributed by atoms with Crippen molar-refractivity contribution in [1.82, 2.24) is 5.32 Å². The molecule has 0 spiro atoms. The van der Waals surface area contributed by atoms with Gasteiger partial charge in [0.25, 0.3) is 0 Å². The summed E-state index contributed by atoms with van der Waals surface area (Å²) in [6.07, 6.45) is 4.97. The van der Waals surface area contributed by atoms with Crippen LogP contribution >= 0.6 is 0 Å². The standard InChI is InChI=1S/C12H23NO3S/c1-2-9-17(15,16)10-7-12(14)11-6-4-3-5-8-13-11/h11,13H,2-10H2,1H3. The van der Waals surface area contributed by atoms with E-state index in [0.717, 1.165) is 32.2 Å². The molecule has 5 heteroatoms. The van der Waals surface area contributed by atoms with Crippen LogP contribution in [0.2, 0.25) is 0 Å². The van der Waals surface area contributed by atoms with E-state index in [4.69, 9.17) is 0 Å². The van der Waals surface area contributed by atoms with E-state index in [2.05, 4.69) is 5.32 Å². The lowest BCUT2D eigenvalue weighted by Crippen LogP contribution is -2.36. The van der Waals surface area contributed by atoms with E-state index in [9.17, 15) is 13.2 Å². The molecule has 0 aromatic heterocycles. The van der Waals surface area contributed by atoms with Crippen molar-refractivity contribution < 1.29 is 13.2 Å². The maximum absolute atomic E-state index is 11.9. The Bertz CT molecular complexity index is 330. The third-order valence-electron chi connectivity index (χ3n) is 3.12. The first kappa shape index (κ1) is 14.6. The van der Waals surface area contributed by atoms with E-state index in [1.54, 1.807) is 0 Å². The summed E-state index contributed by atoms with van der Waals surface area (Å²) >= 11 is 0. The second-order valence-corrected chi connectivity index (χ2v) is 7.03. The molecule has 100 valence electrons. The highest BCUT2D eigenvalue weighted by molar-refractivity contribution is 7.91. The Morgan fingerprint density at radius 3 is 2.71 bits per heavy atom. The normalized spacial score (nSPS) is 22.1. The van der Waals surface area contributed by atoms with Gasteiger partial charge < -0.3 is 5.32 Å². The van der Waals surface area contributed by atoms with E-state index < -0.39 is 9.84 Å². The predicted octanol–water partition coefficient (Wildman–Crippen LogP) is 1.30. The molecule has 1 aliphatic heterocycles. The van der Waals surface area contributed by atoms with E-state index in [-0.39, 0.29) is 29.8 Å². The van der Waals surface area contributed by atoms with Gasteiger partial charge in [0.2, 0.25) is 0 Å². The summed E-state index contributed by atoms with van der Waals surface area (Å²) in [4.78, 5) is 11.9. The summed E-state index contributed by atoms with van der Waals surface area (Å²) in [5.41, 5.74) is 0. The largest absolute Gasteiger partial charge is 0.307 e. The molecule has 1 unspecified atom stereocenters. The van der Waals surface area contributed by atoms with Gasteiger partial charge in [-0.15, -0.1) is 0 Å². The van der Waals surface area contributed by atoms with Crippen LogP contribution in [-0.4, -0.2) is 38.3 Å². The fourth-order valence-corrected chi connectivity index (χ4v) is 3.49. The first-order valence-electron chi connectivity index (χ1n) is 6.51. The number of carbonyl (C=O) groups is 1. The average molecular weight is 261 g/mol. The molecule has 17 heavy (non-hydrogen) atoms. The van der Waals surface area contributed by atoms with E-state index in [1.165, 1.54) is 0 Å². The minimum atomic E-state index is -3.02. The Balaban J connectivity index is 2.38. The number of carbonyl (C=O) groups excluding carboxylic acids is 1. The molecule has 1 aliphatic rings. The molecule has 0 aromatic rings. The van der Waals surface area contributed by atoms with Gasteiger partial charge in [0.1, 0.15) is 0 Å². The summed E-state index contributed by atoms with van der Waals surface area (Å²) in [6.45, 7) is 2.71. The molecular formula is C12H23NO3S. The molecule has 0 bridgehead atoms. The van der Waals surface area contributed by atoms with Crippen LogP contribution in [0.5, 0.6) is 0 Å². The number of sulfone groups is 1. The van der Waals surface area contributed by atoms with Gasteiger partial charge in [-0.3, -0.25) is 4.79 Å². The fourth-order valence-electron chi connectivity index (χ4n) is 2.15. The van der Waals surface area contributed by atoms with Gasteiger partial charge in [0.05, 0.1) is 11.8 Å². The quantitative estimate of drug-likeness (QED) is 0.783. The van der Waals surface area contributed by atoms with Crippen LogP contribution < -0.4 is 5.32 Å². The molecular weight excluding hydrogens is 238 g/mol. The molecule has 0 aliphatic carbocycles. The molecule has 0 radical (unpaired) electrons. The molecule has 1 rings (SSSR count). The zero-order valence-electron chi connectivity index (χ0n) is 10.6. The third-order valence-corrected chi connectivity index (χ3v) is 4.98. The molecule has 1 heterocycles. The van der Waals surface area contributed by atoms with Crippen molar-refractivity contribution in [2.24, 2.45) is 0 Å². The monoisotopic (exact) mass is 261 g/mol. The number of Topliss-reactive ketones (excluding diaryl/α,β-unsaturated/α-hetero) is 1. The fraction of sp³-hybridized carbons (Fsp3) is 0.917. The maximum Gasteiger partial charge on any atom is 0.150 e. The van der Waals surface area contributed by atoms with Crippen molar-refractivity contribution in [2.75, 3.05) is 18.1 Å². The van der Waals surface area contributed by atoms with Crippen LogP contribution in [0.25, 0.3) is 0 Å². The minimum Gasteiger partial charge on any atom is -0.307 e. The van der Waals surface area contributed by atoms with Crippen LogP contribution in [-0.2, 0) is 14.6 Å². The number of hydrogen-bond acceptors (Lipinski definition) is 4. The predicted molar refractivity (Wildman–Crippen MR) is 68.8 cm³/mol. The number of hydrogen-bond donors (Lipinski definition) is 1. The minimum absolute atomic E-state index is 0.0118. The maximum atomic E-state index is 11.9. The highest BCUT2D eigenvalue weighted by Crippen LogP contribution is 2.11. The van der Waals surface area contributed by atoms with Gasteiger partial charge in [0.15, 0.2) is 15.6 Å². The highest BCUT2D eigenvalue weighted by atomic mass is 32.2. The lowest BCUT2D eigenvalue weighted by atomic mass is 10.1. The highest BCUT2D eigenvalue weighted by Gasteiger charge is 2.21. The Morgan fingerprint density at radius 1 is 1.24 bits per heavy atom. The summed E-state index contributed by atoms with van der Waals surface area (Å²) in [6, 6.07) is -0.116. The van der Waals surface area contributed by atoms with Gasteiger partial charge in [0, 0.05) is 12.2 Å². The van der Waals surface area contributed by atoms with Crippen LogP contribution in [0.15, 0.2) is 0 Å². The van der Waals surface area contributed by atoms with Gasteiger partial charge in [-0.1, -0.05) is 19.8 Å². The lowest BCUT2D eigenvalue weighted by Gasteiger charge is -2.14. The van der Waals surface area contributed by atoms with Crippen LogP contribution in [0.4, 0.5) is 0 Å². The van der Waals surface area contributed by atoms with E-state index in [1.807, 2.05) is 6.92 Å². The zero-order chi connectivity index (χ0) is 12.7. The van der Waals surface area contributed by atoms with Crippen molar-refractivity contribution in [3.8, 4) is 0 Å². The second kappa shape index (κ2) is 7.11. The third kappa shape index (κ3) is 5.64. The smallest absolute Gasteiger partial charge is 0.150 e. The molecule has 4 nitrogen and oxygen atoms in total. The first-order valence-corrected chi connectivity index (χ1v) is 8.34. The van der Waals surface area contributed by atoms with Crippen LogP contribution in [0.3, 0.4) is 0 Å². The zero-order valence-corrected chi connectivity index (χ0v) is 11.4. The van der Waals surface area contributed by atoms with E-state index in [0.29, 0.717) is 6.42 Å². The second-order valence-electron chi connectivity index (χ2n) is 4.72. The van der Waals surface area contributed by atoms with Crippen molar-refractivity contribution in [1.29, 1.82) is 0 Å². The topological polar surface area (TPSA) is 63.2 Å². The molecule has 1 N–H and O–H groups in total. The van der Waals surface area contributed by atoms with E-state index >= 15 is 0 Å².